The summed E-state index contributed by atoms with van der Waals surface area (Å²) in [6.45, 7) is 10.9. The molecule has 1 unspecified atom stereocenters. The number of carbonyl (C=O) groups is 4. The van der Waals surface area contributed by atoms with E-state index in [4.69, 9.17) is 24.7 Å². The number of esters is 4. The molecule has 9 nitrogen and oxygen atoms in total. The number of hydrogen-bond donors (Lipinski definition) is 1. The molecule has 0 aromatic heterocycles. The second-order valence-electron chi connectivity index (χ2n) is 9.34. The average molecular weight is 522 g/mol. The highest BCUT2D eigenvalue weighted by atomic mass is 16.6. The lowest BCUT2D eigenvalue weighted by Gasteiger charge is -2.23. The van der Waals surface area contributed by atoms with Crippen LogP contribution in [-0.4, -0.2) is 42.1 Å². The van der Waals surface area contributed by atoms with Gasteiger partial charge in [0.1, 0.15) is 18.2 Å². The highest BCUT2D eigenvalue weighted by molar-refractivity contribution is 5.77. The SMILES string of the molecule is CCCCC(=O)Oc1ccc(C[C@H](N)C(=O)O[C@@H](C)[C@H](C)OC(=O)C(C)CC)cc1OC(=O)CCCC. The van der Waals surface area contributed by atoms with E-state index in [9.17, 15) is 19.2 Å². The van der Waals surface area contributed by atoms with E-state index in [0.717, 1.165) is 12.8 Å². The number of nitrogens with two attached hydrogens (primary N) is 1. The molecule has 0 aliphatic rings. The minimum atomic E-state index is -1.01. The van der Waals surface area contributed by atoms with E-state index < -0.39 is 36.2 Å². The van der Waals surface area contributed by atoms with E-state index in [1.807, 2.05) is 20.8 Å². The molecule has 0 saturated heterocycles. The van der Waals surface area contributed by atoms with E-state index in [2.05, 4.69) is 0 Å². The lowest BCUT2D eigenvalue weighted by Crippen LogP contribution is -2.40. The van der Waals surface area contributed by atoms with Gasteiger partial charge in [0.25, 0.3) is 0 Å². The molecule has 1 rings (SSSR count). The average Bonchev–Trinajstić information content (AvgIpc) is 2.86. The highest BCUT2D eigenvalue weighted by Gasteiger charge is 2.26. The van der Waals surface area contributed by atoms with Gasteiger partial charge in [0.2, 0.25) is 0 Å². The van der Waals surface area contributed by atoms with E-state index >= 15 is 0 Å². The van der Waals surface area contributed by atoms with Gasteiger partial charge >= 0.3 is 23.9 Å². The molecule has 0 aliphatic carbocycles. The summed E-state index contributed by atoms with van der Waals surface area (Å²) in [5, 5.41) is 0. The number of benzene rings is 1. The second-order valence-corrected chi connectivity index (χ2v) is 9.34. The Hall–Kier alpha value is -2.94. The fraction of sp³-hybridized carbons (Fsp3) is 0.643. The summed E-state index contributed by atoms with van der Waals surface area (Å²) in [7, 11) is 0. The standard InChI is InChI=1S/C28H43NO8/c1-7-10-12-25(30)36-23-15-14-21(17-24(23)37-26(31)13-11-8-2)16-22(29)28(33)35-20(6)19(5)34-27(32)18(4)9-3/h14-15,17-20,22H,7-13,16,29H2,1-6H3/t18?,19-,20-,22-/m0/s1. The van der Waals surface area contributed by atoms with Crippen LogP contribution in [0.3, 0.4) is 0 Å². The molecule has 0 heterocycles. The van der Waals surface area contributed by atoms with Crippen molar-refractivity contribution in [3.05, 3.63) is 23.8 Å². The molecule has 1 aromatic carbocycles. The number of hydrogen-bond acceptors (Lipinski definition) is 9. The molecule has 0 spiro atoms. The zero-order valence-corrected chi connectivity index (χ0v) is 23.0. The molecule has 0 bridgehead atoms. The lowest BCUT2D eigenvalue weighted by atomic mass is 10.1. The van der Waals surface area contributed by atoms with E-state index in [1.165, 1.54) is 6.07 Å². The Balaban J connectivity index is 2.89. The maximum Gasteiger partial charge on any atom is 0.323 e. The summed E-state index contributed by atoms with van der Waals surface area (Å²) in [4.78, 5) is 49.0. The van der Waals surface area contributed by atoms with E-state index in [1.54, 1.807) is 32.9 Å². The Labute approximate surface area is 220 Å². The zero-order chi connectivity index (χ0) is 28.0. The number of carbonyl (C=O) groups excluding carboxylic acids is 4. The summed E-state index contributed by atoms with van der Waals surface area (Å²) in [6.07, 6.45) is 2.94. The van der Waals surface area contributed by atoms with Crippen LogP contribution < -0.4 is 15.2 Å². The quantitative estimate of drug-likeness (QED) is 0.244. The Morgan fingerprint density at radius 1 is 0.784 bits per heavy atom. The van der Waals surface area contributed by atoms with Gasteiger partial charge in [-0.1, -0.05) is 46.6 Å². The van der Waals surface area contributed by atoms with Crippen molar-refractivity contribution >= 4 is 23.9 Å². The van der Waals surface area contributed by atoms with Crippen molar-refractivity contribution in [3.8, 4) is 11.5 Å². The topological polar surface area (TPSA) is 131 Å². The molecular formula is C28H43NO8. The van der Waals surface area contributed by atoms with Crippen molar-refractivity contribution in [3.63, 3.8) is 0 Å². The Morgan fingerprint density at radius 3 is 1.81 bits per heavy atom. The summed E-state index contributed by atoms with van der Waals surface area (Å²) < 4.78 is 21.7. The molecule has 9 heteroatoms. The molecule has 4 atom stereocenters. The van der Waals surface area contributed by atoms with Crippen molar-refractivity contribution in [2.24, 2.45) is 11.7 Å². The second kappa shape index (κ2) is 16.7. The first-order valence-corrected chi connectivity index (χ1v) is 13.2. The molecule has 0 saturated carbocycles. The van der Waals surface area contributed by atoms with Gasteiger partial charge in [0.15, 0.2) is 11.5 Å². The molecular weight excluding hydrogens is 478 g/mol. The van der Waals surface area contributed by atoms with Gasteiger partial charge in [-0.15, -0.1) is 0 Å². The normalized spacial score (nSPS) is 14.1. The minimum Gasteiger partial charge on any atom is -0.459 e. The third-order valence-corrected chi connectivity index (χ3v) is 5.96. The first-order valence-electron chi connectivity index (χ1n) is 13.2. The predicted molar refractivity (Wildman–Crippen MR) is 139 cm³/mol. The summed E-state index contributed by atoms with van der Waals surface area (Å²) in [5.74, 6) is -1.87. The monoisotopic (exact) mass is 521 g/mol. The van der Waals surface area contributed by atoms with Crippen LogP contribution in [0, 0.1) is 5.92 Å². The van der Waals surface area contributed by atoms with Crippen LogP contribution in [-0.2, 0) is 35.1 Å². The highest BCUT2D eigenvalue weighted by Crippen LogP contribution is 2.30. The fourth-order valence-electron chi connectivity index (χ4n) is 3.10. The van der Waals surface area contributed by atoms with Crippen molar-refractivity contribution < 1.29 is 38.1 Å². The van der Waals surface area contributed by atoms with Gasteiger partial charge in [-0.25, -0.2) is 0 Å². The van der Waals surface area contributed by atoms with E-state index in [-0.39, 0.29) is 42.6 Å². The summed E-state index contributed by atoms with van der Waals surface area (Å²) in [6, 6.07) is 3.71. The molecule has 0 amide bonds. The largest absolute Gasteiger partial charge is 0.459 e. The van der Waals surface area contributed by atoms with Gasteiger partial charge in [0, 0.05) is 12.8 Å². The van der Waals surface area contributed by atoms with Crippen LogP contribution in [0.5, 0.6) is 11.5 Å². The van der Waals surface area contributed by atoms with Gasteiger partial charge < -0.3 is 24.7 Å². The number of unbranched alkanes of at least 4 members (excludes halogenated alkanes) is 2. The van der Waals surface area contributed by atoms with Gasteiger partial charge in [-0.3, -0.25) is 19.2 Å². The van der Waals surface area contributed by atoms with Crippen LogP contribution >= 0.6 is 0 Å². The molecule has 0 fully saturated rings. The lowest BCUT2D eigenvalue weighted by molar-refractivity contribution is -0.168. The zero-order valence-electron chi connectivity index (χ0n) is 23.0. The molecule has 2 N–H and O–H groups in total. The van der Waals surface area contributed by atoms with Gasteiger partial charge in [-0.05, 0) is 57.2 Å². The van der Waals surface area contributed by atoms with Crippen LogP contribution in [0.15, 0.2) is 18.2 Å². The smallest absolute Gasteiger partial charge is 0.323 e. The first-order chi connectivity index (χ1) is 17.5. The van der Waals surface area contributed by atoms with Crippen LogP contribution in [0.4, 0.5) is 0 Å². The van der Waals surface area contributed by atoms with Crippen molar-refractivity contribution in [2.75, 3.05) is 0 Å². The van der Waals surface area contributed by atoms with E-state index in [0.29, 0.717) is 24.8 Å². The van der Waals surface area contributed by atoms with Crippen LogP contribution in [0.2, 0.25) is 0 Å². The fourth-order valence-corrected chi connectivity index (χ4v) is 3.10. The predicted octanol–water partition coefficient (Wildman–Crippen LogP) is 4.66. The Kier molecular flexibility index (Phi) is 14.5. The third-order valence-electron chi connectivity index (χ3n) is 5.96. The Morgan fingerprint density at radius 2 is 1.30 bits per heavy atom. The van der Waals surface area contributed by atoms with Crippen molar-refractivity contribution in [2.45, 2.75) is 111 Å². The van der Waals surface area contributed by atoms with Crippen molar-refractivity contribution in [1.29, 1.82) is 0 Å². The first kappa shape index (κ1) is 32.1. The molecule has 37 heavy (non-hydrogen) atoms. The van der Waals surface area contributed by atoms with Crippen LogP contribution in [0.1, 0.15) is 92.1 Å². The minimum absolute atomic E-state index is 0.0934. The summed E-state index contributed by atoms with van der Waals surface area (Å²) >= 11 is 0. The van der Waals surface area contributed by atoms with Gasteiger partial charge in [-0.2, -0.15) is 0 Å². The molecule has 208 valence electrons. The number of rotatable bonds is 16. The van der Waals surface area contributed by atoms with Crippen molar-refractivity contribution in [1.82, 2.24) is 0 Å². The molecule has 0 aliphatic heterocycles. The maximum absolute atomic E-state index is 12.6. The van der Waals surface area contributed by atoms with Crippen LogP contribution in [0.25, 0.3) is 0 Å². The van der Waals surface area contributed by atoms with Gasteiger partial charge in [0.05, 0.1) is 5.92 Å². The maximum atomic E-state index is 12.6. The Bertz CT molecular complexity index is 900. The molecule has 0 radical (unpaired) electrons. The summed E-state index contributed by atoms with van der Waals surface area (Å²) in [5.41, 5.74) is 6.68. The third kappa shape index (κ3) is 11.8. The molecule has 1 aromatic rings. The number of ether oxygens (including phenoxy) is 4.